The third-order valence-corrected chi connectivity index (χ3v) is 3.52. The molecule has 2 heterocycles. The maximum Gasteiger partial charge on any atom is 0.123 e. The summed E-state index contributed by atoms with van der Waals surface area (Å²) in [6.45, 7) is 2.15. The minimum atomic E-state index is 0.353. The van der Waals surface area contributed by atoms with Crippen molar-refractivity contribution in [1.82, 2.24) is 4.98 Å². The van der Waals surface area contributed by atoms with Crippen molar-refractivity contribution in [3.05, 3.63) is 42.1 Å². The number of hydrogen-bond acceptors (Lipinski definition) is 4. The van der Waals surface area contributed by atoms with E-state index in [-0.39, 0.29) is 0 Å². The Bertz CT molecular complexity index is 673. The van der Waals surface area contributed by atoms with E-state index in [1.807, 2.05) is 12.1 Å². The molecule has 0 saturated carbocycles. The van der Waals surface area contributed by atoms with Gasteiger partial charge in [-0.2, -0.15) is 5.10 Å². The summed E-state index contributed by atoms with van der Waals surface area (Å²) in [6, 6.07) is 10.2. The lowest BCUT2D eigenvalue weighted by Crippen LogP contribution is -2.26. The molecule has 1 aromatic heterocycles. The molecule has 0 fully saturated rings. The molecule has 0 spiro atoms. The Morgan fingerprint density at radius 3 is 3.00 bits per heavy atom. The lowest BCUT2D eigenvalue weighted by Gasteiger charge is -2.20. The summed E-state index contributed by atoms with van der Waals surface area (Å²) in [6.07, 6.45) is 3.61. The standard InChI is InChI=1S/C15H16N4/c1-2-10-9-14(16)18-19-15(10)12-5-6-13-11(8-12)4-3-7-17-13/h3-8,10H,2,9H2,1H3,(H2,16,18). The van der Waals surface area contributed by atoms with Crippen LogP contribution in [0.25, 0.3) is 10.9 Å². The number of aromatic nitrogens is 1. The van der Waals surface area contributed by atoms with Crippen LogP contribution in [-0.2, 0) is 0 Å². The van der Waals surface area contributed by atoms with E-state index in [0.29, 0.717) is 11.8 Å². The fourth-order valence-corrected chi connectivity index (χ4v) is 2.46. The Hall–Kier alpha value is -2.23. The van der Waals surface area contributed by atoms with Gasteiger partial charge in [0.15, 0.2) is 0 Å². The second-order valence-corrected chi connectivity index (χ2v) is 4.80. The molecule has 1 aliphatic rings. The molecule has 3 rings (SSSR count). The van der Waals surface area contributed by atoms with Gasteiger partial charge in [-0.15, -0.1) is 5.10 Å². The van der Waals surface area contributed by atoms with Crippen molar-refractivity contribution in [3.63, 3.8) is 0 Å². The molecule has 19 heavy (non-hydrogen) atoms. The first-order valence-corrected chi connectivity index (χ1v) is 6.53. The first-order valence-electron chi connectivity index (χ1n) is 6.53. The lowest BCUT2D eigenvalue weighted by atomic mass is 9.90. The van der Waals surface area contributed by atoms with Crippen LogP contribution in [0.1, 0.15) is 25.3 Å². The van der Waals surface area contributed by atoms with Crippen LogP contribution in [0.4, 0.5) is 0 Å². The third-order valence-electron chi connectivity index (χ3n) is 3.52. The van der Waals surface area contributed by atoms with Crippen molar-refractivity contribution in [1.29, 1.82) is 0 Å². The van der Waals surface area contributed by atoms with Crippen molar-refractivity contribution in [3.8, 4) is 0 Å². The third kappa shape index (κ3) is 2.21. The molecular formula is C15H16N4. The zero-order valence-corrected chi connectivity index (χ0v) is 10.9. The van der Waals surface area contributed by atoms with Gasteiger partial charge in [-0.25, -0.2) is 0 Å². The fraction of sp³-hybridized carbons (Fsp3) is 0.267. The van der Waals surface area contributed by atoms with Gasteiger partial charge in [0, 0.05) is 23.9 Å². The molecular weight excluding hydrogens is 236 g/mol. The van der Waals surface area contributed by atoms with Crippen molar-refractivity contribution in [2.45, 2.75) is 19.8 Å². The minimum Gasteiger partial charge on any atom is -0.386 e. The number of fused-ring (bicyclic) bond motifs is 1. The molecule has 0 aliphatic carbocycles. The zero-order valence-electron chi connectivity index (χ0n) is 10.9. The van der Waals surface area contributed by atoms with Crippen LogP contribution in [0.15, 0.2) is 46.7 Å². The van der Waals surface area contributed by atoms with Crippen LogP contribution < -0.4 is 5.73 Å². The van der Waals surface area contributed by atoms with Gasteiger partial charge in [0.25, 0.3) is 0 Å². The predicted octanol–water partition coefficient (Wildman–Crippen LogP) is 2.73. The molecule has 4 nitrogen and oxygen atoms in total. The molecule has 1 atom stereocenters. The van der Waals surface area contributed by atoms with Crippen molar-refractivity contribution in [2.24, 2.45) is 21.9 Å². The van der Waals surface area contributed by atoms with Crippen LogP contribution in [0, 0.1) is 5.92 Å². The first-order chi connectivity index (χ1) is 9.28. The fourth-order valence-electron chi connectivity index (χ4n) is 2.46. The van der Waals surface area contributed by atoms with E-state index in [1.54, 1.807) is 6.20 Å². The predicted molar refractivity (Wildman–Crippen MR) is 78.3 cm³/mol. The SMILES string of the molecule is CCC1CC(N)=NN=C1c1ccc2ncccc2c1. The molecule has 2 aromatic rings. The largest absolute Gasteiger partial charge is 0.386 e. The summed E-state index contributed by atoms with van der Waals surface area (Å²) >= 11 is 0. The first kappa shape index (κ1) is 11.8. The Balaban J connectivity index is 2.08. The Labute approximate surface area is 112 Å². The van der Waals surface area contributed by atoms with E-state index >= 15 is 0 Å². The summed E-state index contributed by atoms with van der Waals surface area (Å²) < 4.78 is 0. The van der Waals surface area contributed by atoms with E-state index in [4.69, 9.17) is 5.73 Å². The molecule has 0 bridgehead atoms. The zero-order chi connectivity index (χ0) is 13.2. The summed E-state index contributed by atoms with van der Waals surface area (Å²) in [4.78, 5) is 4.33. The van der Waals surface area contributed by atoms with E-state index in [0.717, 1.165) is 35.0 Å². The highest BCUT2D eigenvalue weighted by atomic mass is 15.2. The van der Waals surface area contributed by atoms with Crippen LogP contribution in [0.5, 0.6) is 0 Å². The number of amidine groups is 1. The number of rotatable bonds is 2. The Morgan fingerprint density at radius 2 is 2.16 bits per heavy atom. The normalized spacial score (nSPS) is 19.1. The summed E-state index contributed by atoms with van der Waals surface area (Å²) in [7, 11) is 0. The Kier molecular flexibility index (Phi) is 2.99. The van der Waals surface area contributed by atoms with Crippen molar-refractivity contribution < 1.29 is 0 Å². The summed E-state index contributed by atoms with van der Waals surface area (Å²) in [5.74, 6) is 0.977. The molecule has 1 aliphatic heterocycles. The maximum absolute atomic E-state index is 5.76. The van der Waals surface area contributed by atoms with E-state index in [2.05, 4.69) is 40.3 Å². The molecule has 0 saturated heterocycles. The number of nitrogens with zero attached hydrogens (tertiary/aromatic N) is 3. The average molecular weight is 252 g/mol. The lowest BCUT2D eigenvalue weighted by molar-refractivity contribution is 0.677. The highest BCUT2D eigenvalue weighted by Gasteiger charge is 2.21. The Morgan fingerprint density at radius 1 is 1.26 bits per heavy atom. The van der Waals surface area contributed by atoms with Crippen LogP contribution >= 0.6 is 0 Å². The second kappa shape index (κ2) is 4.80. The number of hydrogen-bond donors (Lipinski definition) is 1. The van der Waals surface area contributed by atoms with Crippen LogP contribution in [-0.4, -0.2) is 16.5 Å². The van der Waals surface area contributed by atoms with Gasteiger partial charge >= 0.3 is 0 Å². The second-order valence-electron chi connectivity index (χ2n) is 4.80. The topological polar surface area (TPSA) is 63.6 Å². The number of pyridine rings is 1. The van der Waals surface area contributed by atoms with Gasteiger partial charge in [-0.3, -0.25) is 4.98 Å². The molecule has 0 radical (unpaired) electrons. The van der Waals surface area contributed by atoms with E-state index < -0.39 is 0 Å². The van der Waals surface area contributed by atoms with Gasteiger partial charge in [0.05, 0.1) is 11.2 Å². The average Bonchev–Trinajstić information content (AvgIpc) is 2.46. The highest BCUT2D eigenvalue weighted by molar-refractivity contribution is 6.07. The van der Waals surface area contributed by atoms with Crippen molar-refractivity contribution in [2.75, 3.05) is 0 Å². The van der Waals surface area contributed by atoms with Gasteiger partial charge in [0.1, 0.15) is 5.84 Å². The van der Waals surface area contributed by atoms with Gasteiger partial charge in [0.2, 0.25) is 0 Å². The monoisotopic (exact) mass is 252 g/mol. The molecule has 1 unspecified atom stereocenters. The molecule has 4 heteroatoms. The smallest absolute Gasteiger partial charge is 0.123 e. The number of benzene rings is 1. The quantitative estimate of drug-likeness (QED) is 0.893. The molecule has 96 valence electrons. The molecule has 1 aromatic carbocycles. The summed E-state index contributed by atoms with van der Waals surface area (Å²) in [5.41, 5.74) is 8.91. The highest BCUT2D eigenvalue weighted by Crippen LogP contribution is 2.23. The van der Waals surface area contributed by atoms with Crippen LogP contribution in [0.3, 0.4) is 0 Å². The summed E-state index contributed by atoms with van der Waals surface area (Å²) in [5, 5.41) is 9.46. The van der Waals surface area contributed by atoms with Crippen molar-refractivity contribution >= 4 is 22.5 Å². The van der Waals surface area contributed by atoms with Gasteiger partial charge in [-0.1, -0.05) is 19.1 Å². The van der Waals surface area contributed by atoms with E-state index in [1.165, 1.54) is 0 Å². The minimum absolute atomic E-state index is 0.353. The molecule has 0 amide bonds. The van der Waals surface area contributed by atoms with E-state index in [9.17, 15) is 0 Å². The maximum atomic E-state index is 5.76. The van der Waals surface area contributed by atoms with Gasteiger partial charge < -0.3 is 5.73 Å². The van der Waals surface area contributed by atoms with Gasteiger partial charge in [-0.05, 0) is 30.2 Å². The number of nitrogens with two attached hydrogens (primary N) is 1. The molecule has 2 N–H and O–H groups in total. The van der Waals surface area contributed by atoms with Crippen LogP contribution in [0.2, 0.25) is 0 Å².